The van der Waals surface area contributed by atoms with Gasteiger partial charge in [0.1, 0.15) is 0 Å². The zero-order valence-corrected chi connectivity index (χ0v) is 17.8. The number of unbranched alkanes of at least 4 members (excludes halogenated alkanes) is 1. The predicted molar refractivity (Wildman–Crippen MR) is 114 cm³/mol. The lowest BCUT2D eigenvalue weighted by molar-refractivity contribution is 0.184. The van der Waals surface area contributed by atoms with Crippen LogP contribution in [0, 0.1) is 17.8 Å². The lowest BCUT2D eigenvalue weighted by Crippen LogP contribution is -2.43. The molecule has 1 atom stereocenters. The highest BCUT2D eigenvalue weighted by molar-refractivity contribution is 5.10. The molecule has 0 bridgehead atoms. The van der Waals surface area contributed by atoms with Gasteiger partial charge in [-0.1, -0.05) is 51.2 Å². The van der Waals surface area contributed by atoms with Gasteiger partial charge in [-0.3, -0.25) is 0 Å². The largest absolute Gasteiger partial charge is 0.311 e. The molecule has 1 nitrogen and oxygen atoms in total. The molecule has 1 unspecified atom stereocenters. The molecular formula is C25H45N. The minimum absolute atomic E-state index is 0.819. The first kappa shape index (κ1) is 20.4. The number of nitrogens with one attached hydrogen (secondary N) is 1. The lowest BCUT2D eigenvalue weighted by atomic mass is 9.74. The average molecular weight is 360 g/mol. The van der Waals surface area contributed by atoms with E-state index in [9.17, 15) is 0 Å². The Kier molecular flexibility index (Phi) is 8.56. The van der Waals surface area contributed by atoms with Gasteiger partial charge in [0.15, 0.2) is 0 Å². The Bertz CT molecular complexity index is 410. The van der Waals surface area contributed by atoms with Crippen LogP contribution >= 0.6 is 0 Å². The molecule has 0 heterocycles. The molecule has 0 amide bonds. The quantitative estimate of drug-likeness (QED) is 0.445. The Labute approximate surface area is 163 Å². The highest BCUT2D eigenvalue weighted by Gasteiger charge is 2.29. The van der Waals surface area contributed by atoms with Crippen LogP contribution in [0.4, 0.5) is 0 Å². The molecule has 1 N–H and O–H groups in total. The van der Waals surface area contributed by atoms with Crippen molar-refractivity contribution in [3.8, 4) is 0 Å². The normalized spacial score (nSPS) is 34.3. The van der Waals surface area contributed by atoms with E-state index in [1.807, 2.05) is 5.57 Å². The van der Waals surface area contributed by atoms with E-state index in [2.05, 4.69) is 25.2 Å². The van der Waals surface area contributed by atoms with Gasteiger partial charge in [0.25, 0.3) is 0 Å². The molecule has 0 aromatic carbocycles. The molecule has 3 rings (SSSR count). The summed E-state index contributed by atoms with van der Waals surface area (Å²) >= 11 is 0. The standard InChI is InChI=1S/C25H45N/c1-3-5-9-20(4-2)22-12-16-24(17-13-22)26-25-18-14-23(15-19-25)21-10-7-6-8-11-21/h10,20,22-26H,3-9,11-19H2,1-2H3. The first-order valence-electron chi connectivity index (χ1n) is 12.2. The minimum atomic E-state index is 0.819. The number of allylic oxidation sites excluding steroid dienone is 2. The summed E-state index contributed by atoms with van der Waals surface area (Å²) in [5.74, 6) is 2.97. The van der Waals surface area contributed by atoms with Crippen molar-refractivity contribution < 1.29 is 0 Å². The van der Waals surface area contributed by atoms with Crippen LogP contribution in [-0.2, 0) is 0 Å². The summed E-state index contributed by atoms with van der Waals surface area (Å²) < 4.78 is 0. The number of rotatable bonds is 8. The van der Waals surface area contributed by atoms with Gasteiger partial charge in [-0.05, 0) is 94.8 Å². The van der Waals surface area contributed by atoms with Gasteiger partial charge in [-0.15, -0.1) is 0 Å². The number of hydrogen-bond donors (Lipinski definition) is 1. The summed E-state index contributed by atoms with van der Waals surface area (Å²) in [6.07, 6.45) is 25.5. The van der Waals surface area contributed by atoms with E-state index >= 15 is 0 Å². The third-order valence-corrected chi connectivity index (χ3v) is 7.94. The van der Waals surface area contributed by atoms with Gasteiger partial charge in [-0.2, -0.15) is 0 Å². The zero-order chi connectivity index (χ0) is 18.2. The van der Waals surface area contributed by atoms with E-state index in [0.717, 1.165) is 29.8 Å². The smallest absolute Gasteiger partial charge is 0.00700 e. The van der Waals surface area contributed by atoms with E-state index in [1.165, 1.54) is 103 Å². The van der Waals surface area contributed by atoms with Crippen LogP contribution in [0.5, 0.6) is 0 Å². The summed E-state index contributed by atoms with van der Waals surface area (Å²) in [5, 5.41) is 4.08. The van der Waals surface area contributed by atoms with Crippen molar-refractivity contribution in [1.29, 1.82) is 0 Å². The highest BCUT2D eigenvalue weighted by atomic mass is 15.0. The zero-order valence-electron chi connectivity index (χ0n) is 17.8. The third kappa shape index (κ3) is 5.85. The van der Waals surface area contributed by atoms with E-state index < -0.39 is 0 Å². The van der Waals surface area contributed by atoms with Crippen molar-refractivity contribution >= 4 is 0 Å². The second kappa shape index (κ2) is 10.9. The van der Waals surface area contributed by atoms with Crippen LogP contribution in [-0.4, -0.2) is 12.1 Å². The fourth-order valence-corrected chi connectivity index (χ4v) is 6.19. The topological polar surface area (TPSA) is 12.0 Å². The lowest BCUT2D eigenvalue weighted by Gasteiger charge is -2.38. The summed E-state index contributed by atoms with van der Waals surface area (Å²) in [6.45, 7) is 4.76. The first-order chi connectivity index (χ1) is 12.8. The summed E-state index contributed by atoms with van der Waals surface area (Å²) in [6, 6.07) is 1.64. The Hall–Kier alpha value is -0.300. The molecular weight excluding hydrogens is 314 g/mol. The van der Waals surface area contributed by atoms with Crippen molar-refractivity contribution in [2.45, 2.75) is 129 Å². The molecule has 0 radical (unpaired) electrons. The molecule has 0 aliphatic heterocycles. The molecule has 2 fully saturated rings. The summed E-state index contributed by atoms with van der Waals surface area (Å²) in [4.78, 5) is 0. The van der Waals surface area contributed by atoms with Crippen LogP contribution in [0.1, 0.15) is 117 Å². The predicted octanol–water partition coefficient (Wildman–Crippen LogP) is 7.41. The fraction of sp³-hybridized carbons (Fsp3) is 0.920. The Balaban J connectivity index is 1.35. The van der Waals surface area contributed by atoms with E-state index in [4.69, 9.17) is 0 Å². The molecule has 150 valence electrons. The molecule has 0 saturated heterocycles. The fourth-order valence-electron chi connectivity index (χ4n) is 6.19. The Morgan fingerprint density at radius 3 is 2.19 bits per heavy atom. The van der Waals surface area contributed by atoms with Gasteiger partial charge >= 0.3 is 0 Å². The average Bonchev–Trinajstić information content (AvgIpc) is 2.71. The van der Waals surface area contributed by atoms with Gasteiger partial charge in [0.05, 0.1) is 0 Å². The van der Waals surface area contributed by atoms with Gasteiger partial charge in [0.2, 0.25) is 0 Å². The number of hydrogen-bond acceptors (Lipinski definition) is 1. The third-order valence-electron chi connectivity index (χ3n) is 7.94. The van der Waals surface area contributed by atoms with Gasteiger partial charge < -0.3 is 5.32 Å². The van der Waals surface area contributed by atoms with E-state index in [0.29, 0.717) is 0 Å². The Morgan fingerprint density at radius 2 is 1.62 bits per heavy atom. The van der Waals surface area contributed by atoms with Crippen molar-refractivity contribution in [3.05, 3.63) is 11.6 Å². The summed E-state index contributed by atoms with van der Waals surface area (Å²) in [5.41, 5.74) is 1.83. The van der Waals surface area contributed by atoms with Crippen molar-refractivity contribution in [3.63, 3.8) is 0 Å². The second-order valence-corrected chi connectivity index (χ2v) is 9.66. The van der Waals surface area contributed by atoms with E-state index in [-0.39, 0.29) is 0 Å². The van der Waals surface area contributed by atoms with Crippen LogP contribution < -0.4 is 5.32 Å². The Morgan fingerprint density at radius 1 is 0.923 bits per heavy atom. The molecule has 0 spiro atoms. The van der Waals surface area contributed by atoms with E-state index in [1.54, 1.807) is 0 Å². The molecule has 1 heteroatoms. The van der Waals surface area contributed by atoms with Crippen molar-refractivity contribution in [1.82, 2.24) is 5.32 Å². The van der Waals surface area contributed by atoms with Crippen LogP contribution in [0.2, 0.25) is 0 Å². The second-order valence-electron chi connectivity index (χ2n) is 9.66. The molecule has 26 heavy (non-hydrogen) atoms. The van der Waals surface area contributed by atoms with Crippen molar-refractivity contribution in [2.75, 3.05) is 0 Å². The first-order valence-corrected chi connectivity index (χ1v) is 12.2. The highest BCUT2D eigenvalue weighted by Crippen LogP contribution is 2.37. The van der Waals surface area contributed by atoms with Gasteiger partial charge in [-0.25, -0.2) is 0 Å². The maximum Gasteiger partial charge on any atom is 0.00700 e. The molecule has 0 aromatic rings. The molecule has 0 aromatic heterocycles. The van der Waals surface area contributed by atoms with Crippen LogP contribution in [0.15, 0.2) is 11.6 Å². The van der Waals surface area contributed by atoms with Gasteiger partial charge in [0, 0.05) is 12.1 Å². The van der Waals surface area contributed by atoms with Crippen LogP contribution in [0.25, 0.3) is 0 Å². The molecule has 3 aliphatic carbocycles. The SMILES string of the molecule is CCCCC(CC)C1CCC(NC2CCC(C3=CCCCC3)CC2)CC1. The maximum atomic E-state index is 4.08. The monoisotopic (exact) mass is 359 g/mol. The molecule has 2 saturated carbocycles. The minimum Gasteiger partial charge on any atom is -0.311 e. The van der Waals surface area contributed by atoms with Crippen molar-refractivity contribution in [2.24, 2.45) is 17.8 Å². The molecule has 3 aliphatic rings. The summed E-state index contributed by atoms with van der Waals surface area (Å²) in [7, 11) is 0. The maximum absolute atomic E-state index is 4.08. The van der Waals surface area contributed by atoms with Crippen LogP contribution in [0.3, 0.4) is 0 Å².